The highest BCUT2D eigenvalue weighted by Gasteiger charge is 2.23. The number of nitro benzene ring substituents is 1. The number of thioether (sulfide) groups is 1. The monoisotopic (exact) mass is 325 g/mol. The van der Waals surface area contributed by atoms with Gasteiger partial charge in [0.05, 0.1) is 11.5 Å². The lowest BCUT2D eigenvalue weighted by Crippen LogP contribution is -2.06. The molecule has 1 rings (SSSR count). The minimum Gasteiger partial charge on any atom is -0.491 e. The maximum absolute atomic E-state index is 11.5. The van der Waals surface area contributed by atoms with Crippen molar-refractivity contribution >= 4 is 37.2 Å². The number of benzene rings is 1. The molecule has 0 unspecified atom stereocenters. The van der Waals surface area contributed by atoms with Crippen LogP contribution in [0.15, 0.2) is 17.0 Å². The second kappa shape index (κ2) is 6.44. The fourth-order valence-electron chi connectivity index (χ4n) is 1.42. The van der Waals surface area contributed by atoms with Gasteiger partial charge in [-0.15, -0.1) is 0 Å². The predicted octanol–water partition coefficient (Wildman–Crippen LogP) is 2.57. The summed E-state index contributed by atoms with van der Waals surface area (Å²) in [7, 11) is 1.18. The molecule has 0 fully saturated rings. The van der Waals surface area contributed by atoms with Crippen LogP contribution in [0, 0.1) is 17.0 Å². The molecule has 0 aliphatic heterocycles. The molecule has 0 aliphatic carbocycles. The van der Waals surface area contributed by atoms with E-state index in [2.05, 4.69) is 0 Å². The first kappa shape index (κ1) is 16.1. The third kappa shape index (κ3) is 4.26. The molecule has 6 nitrogen and oxygen atoms in total. The first-order chi connectivity index (χ1) is 8.77. The van der Waals surface area contributed by atoms with Crippen LogP contribution in [0.5, 0.6) is 5.75 Å². The number of hydrogen-bond acceptors (Lipinski definition) is 6. The number of nitrogens with zero attached hydrogens (tertiary/aromatic N) is 1. The lowest BCUT2D eigenvalue weighted by molar-refractivity contribution is -0.385. The van der Waals surface area contributed by atoms with E-state index in [-0.39, 0.29) is 16.3 Å². The van der Waals surface area contributed by atoms with Gasteiger partial charge in [-0.1, -0.05) is 0 Å². The van der Waals surface area contributed by atoms with Crippen LogP contribution in [0.4, 0.5) is 5.69 Å². The van der Waals surface area contributed by atoms with E-state index in [0.29, 0.717) is 17.9 Å². The number of non-ortho nitro benzene ring substituents is 1. The Morgan fingerprint density at radius 1 is 1.47 bits per heavy atom. The molecule has 0 heterocycles. The highest BCUT2D eigenvalue weighted by atomic mass is 35.7. The molecule has 0 atom stereocenters. The van der Waals surface area contributed by atoms with Gasteiger partial charge in [0.15, 0.2) is 0 Å². The van der Waals surface area contributed by atoms with Gasteiger partial charge in [-0.05, 0) is 18.7 Å². The Morgan fingerprint density at radius 3 is 2.58 bits per heavy atom. The molecule has 0 aliphatic rings. The standard InChI is InChI=1S/C10H12ClNO5S2/c1-7-5-8(12(13)14)6-9(19(11,15)16)10(7)17-3-4-18-2/h5-6H,3-4H2,1-2H3. The van der Waals surface area contributed by atoms with Gasteiger partial charge in [-0.25, -0.2) is 8.42 Å². The fraction of sp³-hybridized carbons (Fsp3) is 0.400. The van der Waals surface area contributed by atoms with Crippen molar-refractivity contribution in [2.75, 3.05) is 18.6 Å². The summed E-state index contributed by atoms with van der Waals surface area (Å²) in [5.74, 6) is 0.729. The fourth-order valence-corrected chi connectivity index (χ4v) is 2.72. The van der Waals surface area contributed by atoms with E-state index < -0.39 is 14.0 Å². The number of aryl methyl sites for hydroxylation is 1. The highest BCUT2D eigenvalue weighted by molar-refractivity contribution is 8.13. The molecule has 0 spiro atoms. The molecule has 0 saturated heterocycles. The van der Waals surface area contributed by atoms with Gasteiger partial charge in [-0.2, -0.15) is 11.8 Å². The number of hydrogen-bond donors (Lipinski definition) is 0. The molecular weight excluding hydrogens is 314 g/mol. The van der Waals surface area contributed by atoms with Crippen LogP contribution in [0.1, 0.15) is 5.56 Å². The molecule has 9 heteroatoms. The number of ether oxygens (including phenoxy) is 1. The molecule has 0 N–H and O–H groups in total. The van der Waals surface area contributed by atoms with Gasteiger partial charge in [0, 0.05) is 28.6 Å². The van der Waals surface area contributed by atoms with Crippen LogP contribution in [-0.2, 0) is 9.05 Å². The Morgan fingerprint density at radius 2 is 2.11 bits per heavy atom. The topological polar surface area (TPSA) is 86.5 Å². The molecular formula is C10H12ClNO5S2. The highest BCUT2D eigenvalue weighted by Crippen LogP contribution is 2.34. The van der Waals surface area contributed by atoms with Crippen molar-refractivity contribution in [3.05, 3.63) is 27.8 Å². The van der Waals surface area contributed by atoms with Crippen LogP contribution in [0.3, 0.4) is 0 Å². The Balaban J connectivity index is 3.32. The molecule has 1 aromatic carbocycles. The normalized spacial score (nSPS) is 11.3. The van der Waals surface area contributed by atoms with E-state index in [1.54, 1.807) is 0 Å². The van der Waals surface area contributed by atoms with Crippen molar-refractivity contribution in [1.82, 2.24) is 0 Å². The zero-order valence-corrected chi connectivity index (χ0v) is 12.6. The summed E-state index contributed by atoms with van der Waals surface area (Å²) in [6, 6.07) is 2.16. The van der Waals surface area contributed by atoms with Crippen molar-refractivity contribution < 1.29 is 18.1 Å². The van der Waals surface area contributed by atoms with Crippen LogP contribution < -0.4 is 4.74 Å². The minimum absolute atomic E-state index is 0.0645. The first-order valence-electron chi connectivity index (χ1n) is 5.12. The Kier molecular flexibility index (Phi) is 5.45. The third-order valence-corrected chi connectivity index (χ3v) is 4.13. The average Bonchev–Trinajstić information content (AvgIpc) is 2.29. The molecule has 106 valence electrons. The summed E-state index contributed by atoms with van der Waals surface area (Å²) in [6.45, 7) is 1.83. The number of rotatable bonds is 6. The molecule has 1 aromatic rings. The lowest BCUT2D eigenvalue weighted by atomic mass is 10.2. The van der Waals surface area contributed by atoms with Crippen molar-refractivity contribution in [1.29, 1.82) is 0 Å². The summed E-state index contributed by atoms with van der Waals surface area (Å²) in [6.07, 6.45) is 1.88. The van der Waals surface area contributed by atoms with Gasteiger partial charge >= 0.3 is 0 Å². The van der Waals surface area contributed by atoms with Gasteiger partial charge in [0.2, 0.25) is 0 Å². The van der Waals surface area contributed by atoms with E-state index >= 15 is 0 Å². The van der Waals surface area contributed by atoms with E-state index in [1.165, 1.54) is 24.8 Å². The predicted molar refractivity (Wildman–Crippen MR) is 74.7 cm³/mol. The van der Waals surface area contributed by atoms with Gasteiger partial charge in [0.25, 0.3) is 14.7 Å². The van der Waals surface area contributed by atoms with E-state index in [4.69, 9.17) is 15.4 Å². The van der Waals surface area contributed by atoms with Crippen LogP contribution in [0.2, 0.25) is 0 Å². The second-order valence-corrected chi connectivity index (χ2v) is 7.15. The SMILES string of the molecule is CSCCOc1c(C)cc([N+](=O)[O-])cc1S(=O)(=O)Cl. The molecule has 19 heavy (non-hydrogen) atoms. The van der Waals surface area contributed by atoms with Crippen LogP contribution in [0.25, 0.3) is 0 Å². The number of halogens is 1. The van der Waals surface area contributed by atoms with Gasteiger partial charge < -0.3 is 4.74 Å². The van der Waals surface area contributed by atoms with Crippen LogP contribution >= 0.6 is 22.4 Å². The quantitative estimate of drug-likeness (QED) is 0.346. The zero-order chi connectivity index (χ0) is 14.6. The molecule has 0 saturated carbocycles. The smallest absolute Gasteiger partial charge is 0.271 e. The van der Waals surface area contributed by atoms with E-state index in [9.17, 15) is 18.5 Å². The van der Waals surface area contributed by atoms with Crippen molar-refractivity contribution in [3.8, 4) is 5.75 Å². The zero-order valence-electron chi connectivity index (χ0n) is 10.3. The first-order valence-corrected chi connectivity index (χ1v) is 8.83. The van der Waals surface area contributed by atoms with Crippen molar-refractivity contribution in [3.63, 3.8) is 0 Å². The Labute approximate surface area is 119 Å². The molecule has 0 radical (unpaired) electrons. The number of nitro groups is 1. The van der Waals surface area contributed by atoms with Crippen molar-refractivity contribution in [2.45, 2.75) is 11.8 Å². The van der Waals surface area contributed by atoms with E-state index in [1.807, 2.05) is 6.26 Å². The largest absolute Gasteiger partial charge is 0.491 e. The molecule has 0 bridgehead atoms. The third-order valence-electron chi connectivity index (χ3n) is 2.23. The van der Waals surface area contributed by atoms with Gasteiger partial charge in [0.1, 0.15) is 10.6 Å². The second-order valence-electron chi connectivity index (χ2n) is 3.63. The lowest BCUT2D eigenvalue weighted by Gasteiger charge is -2.12. The Bertz CT molecular complexity index is 588. The summed E-state index contributed by atoms with van der Waals surface area (Å²) in [5, 5.41) is 10.7. The maximum Gasteiger partial charge on any atom is 0.271 e. The summed E-state index contributed by atoms with van der Waals surface area (Å²) >= 11 is 1.53. The van der Waals surface area contributed by atoms with Gasteiger partial charge in [-0.3, -0.25) is 10.1 Å². The summed E-state index contributed by atoms with van der Waals surface area (Å²) < 4.78 is 28.3. The van der Waals surface area contributed by atoms with Crippen molar-refractivity contribution in [2.24, 2.45) is 0 Å². The molecule has 0 amide bonds. The maximum atomic E-state index is 11.5. The van der Waals surface area contributed by atoms with E-state index in [0.717, 1.165) is 6.07 Å². The Hall–Kier alpha value is -0.990. The minimum atomic E-state index is -4.11. The summed E-state index contributed by atoms with van der Waals surface area (Å²) in [4.78, 5) is 9.68. The molecule has 0 aromatic heterocycles. The van der Waals surface area contributed by atoms with Crippen LogP contribution in [-0.4, -0.2) is 32.0 Å². The summed E-state index contributed by atoms with van der Waals surface area (Å²) in [5.41, 5.74) is 0.0171. The average molecular weight is 326 g/mol.